The molecule has 0 spiro atoms. The van der Waals surface area contributed by atoms with Crippen LogP contribution in [0.5, 0.6) is 0 Å². The highest BCUT2D eigenvalue weighted by atomic mass is 16.6. The Labute approximate surface area is 176 Å². The molecule has 1 N–H and O–H groups in total. The van der Waals surface area contributed by atoms with E-state index in [-0.39, 0.29) is 24.1 Å². The lowest BCUT2D eigenvalue weighted by atomic mass is 10.0. The minimum absolute atomic E-state index is 0.00170. The molecule has 0 saturated carbocycles. The summed E-state index contributed by atoms with van der Waals surface area (Å²) in [6, 6.07) is 14.0. The Balaban J connectivity index is 1.49. The monoisotopic (exact) mass is 403 g/mol. The molecule has 154 valence electrons. The third-order valence-corrected chi connectivity index (χ3v) is 5.33. The highest BCUT2D eigenvalue weighted by molar-refractivity contribution is 5.89. The molecule has 2 atom stereocenters. The molecule has 7 nitrogen and oxygen atoms in total. The molecule has 0 radical (unpaired) electrons. The number of hydrogen-bond acceptors (Lipinski definition) is 6. The fourth-order valence-electron chi connectivity index (χ4n) is 3.53. The van der Waals surface area contributed by atoms with Crippen LogP contribution in [0.3, 0.4) is 0 Å². The van der Waals surface area contributed by atoms with Gasteiger partial charge in [-0.25, -0.2) is 9.78 Å². The molecular weight excluding hydrogens is 378 g/mol. The maximum absolute atomic E-state index is 12.2. The Morgan fingerprint density at radius 1 is 1.00 bits per heavy atom. The predicted octanol–water partition coefficient (Wildman–Crippen LogP) is 4.69. The van der Waals surface area contributed by atoms with Gasteiger partial charge in [-0.2, -0.15) is 4.98 Å². The maximum atomic E-state index is 12.2. The van der Waals surface area contributed by atoms with Gasteiger partial charge in [0.15, 0.2) is 0 Å². The normalized spacial score (nSPS) is 17.1. The largest absolute Gasteiger partial charge is 0.447 e. The molecule has 7 heteroatoms. The number of hydrogen-bond donors (Lipinski definition) is 1. The zero-order valence-electron chi connectivity index (χ0n) is 17.3. The van der Waals surface area contributed by atoms with Crippen molar-refractivity contribution in [1.82, 2.24) is 15.0 Å². The summed E-state index contributed by atoms with van der Waals surface area (Å²) < 4.78 is 5.23. The third-order valence-electron chi connectivity index (χ3n) is 5.33. The molecule has 1 aliphatic rings. The van der Waals surface area contributed by atoms with E-state index in [9.17, 15) is 4.79 Å². The van der Waals surface area contributed by atoms with Crippen molar-refractivity contribution in [2.75, 3.05) is 16.8 Å². The summed E-state index contributed by atoms with van der Waals surface area (Å²) in [6.07, 6.45) is 4.88. The average Bonchev–Trinajstić information content (AvgIpc) is 3.16. The van der Waals surface area contributed by atoms with E-state index >= 15 is 0 Å². The van der Waals surface area contributed by atoms with Gasteiger partial charge in [-0.05, 0) is 47.7 Å². The van der Waals surface area contributed by atoms with Gasteiger partial charge in [-0.3, -0.25) is 9.88 Å². The molecule has 1 amide bonds. The van der Waals surface area contributed by atoms with Gasteiger partial charge < -0.3 is 10.1 Å². The summed E-state index contributed by atoms with van der Waals surface area (Å²) in [4.78, 5) is 26.8. The fourth-order valence-corrected chi connectivity index (χ4v) is 3.53. The van der Waals surface area contributed by atoms with Gasteiger partial charge in [0.25, 0.3) is 0 Å². The second-order valence-electron chi connectivity index (χ2n) is 7.72. The van der Waals surface area contributed by atoms with Crippen LogP contribution < -0.4 is 10.2 Å². The summed E-state index contributed by atoms with van der Waals surface area (Å²) in [5.41, 5.74) is 3.38. The molecule has 3 heterocycles. The molecule has 1 aromatic carbocycles. The van der Waals surface area contributed by atoms with E-state index in [0.717, 1.165) is 16.7 Å². The molecule has 0 unspecified atom stereocenters. The van der Waals surface area contributed by atoms with Crippen molar-refractivity contribution in [2.24, 2.45) is 5.92 Å². The van der Waals surface area contributed by atoms with Crippen molar-refractivity contribution in [3.63, 3.8) is 0 Å². The number of ether oxygens (including phenoxy) is 1. The first-order valence-electron chi connectivity index (χ1n) is 10.1. The molecule has 3 aromatic rings. The van der Waals surface area contributed by atoms with Crippen LogP contribution in [0.25, 0.3) is 11.1 Å². The van der Waals surface area contributed by atoms with Gasteiger partial charge in [0.2, 0.25) is 5.95 Å². The lowest BCUT2D eigenvalue weighted by Crippen LogP contribution is -2.37. The minimum atomic E-state index is -0.363. The van der Waals surface area contributed by atoms with E-state index in [1.54, 1.807) is 29.6 Å². The van der Waals surface area contributed by atoms with Crippen molar-refractivity contribution in [3.8, 4) is 11.1 Å². The molecule has 30 heavy (non-hydrogen) atoms. The van der Waals surface area contributed by atoms with Crippen molar-refractivity contribution in [3.05, 3.63) is 66.6 Å². The van der Waals surface area contributed by atoms with Crippen molar-refractivity contribution >= 4 is 17.9 Å². The zero-order valence-corrected chi connectivity index (χ0v) is 17.3. The maximum Gasteiger partial charge on any atom is 0.415 e. The number of aromatic nitrogens is 3. The minimum Gasteiger partial charge on any atom is -0.447 e. The third kappa shape index (κ3) is 4.10. The van der Waals surface area contributed by atoms with Gasteiger partial charge in [0.1, 0.15) is 12.4 Å². The first kappa shape index (κ1) is 19.8. The van der Waals surface area contributed by atoms with Crippen LogP contribution in [0.4, 0.5) is 16.6 Å². The van der Waals surface area contributed by atoms with Crippen molar-refractivity contribution in [1.29, 1.82) is 0 Å². The van der Waals surface area contributed by atoms with Crippen molar-refractivity contribution in [2.45, 2.75) is 32.9 Å². The number of benzene rings is 1. The van der Waals surface area contributed by atoms with Gasteiger partial charge in [0, 0.05) is 18.6 Å². The second kappa shape index (κ2) is 8.49. The number of rotatable bonds is 6. The van der Waals surface area contributed by atoms with Gasteiger partial charge >= 0.3 is 6.09 Å². The summed E-state index contributed by atoms with van der Waals surface area (Å²) >= 11 is 0. The Morgan fingerprint density at radius 3 is 2.40 bits per heavy atom. The van der Waals surface area contributed by atoms with Crippen LogP contribution in [0.1, 0.15) is 32.4 Å². The lowest BCUT2D eigenvalue weighted by molar-refractivity contribution is 0.177. The van der Waals surface area contributed by atoms with E-state index < -0.39 is 0 Å². The number of amides is 1. The Morgan fingerprint density at radius 2 is 1.70 bits per heavy atom. The lowest BCUT2D eigenvalue weighted by Gasteiger charge is -2.23. The summed E-state index contributed by atoms with van der Waals surface area (Å²) in [5.74, 6) is 1.29. The molecule has 1 fully saturated rings. The molecule has 2 aromatic heterocycles. The Kier molecular flexibility index (Phi) is 5.61. The smallest absolute Gasteiger partial charge is 0.415 e. The first-order chi connectivity index (χ1) is 14.5. The van der Waals surface area contributed by atoms with Crippen LogP contribution in [0, 0.1) is 5.92 Å². The molecular formula is C23H25N5O2. The number of carbonyl (C=O) groups is 1. The summed E-state index contributed by atoms with van der Waals surface area (Å²) in [5, 5.41) is 3.33. The highest BCUT2D eigenvalue weighted by Crippen LogP contribution is 2.27. The second-order valence-corrected chi connectivity index (χ2v) is 7.72. The molecule has 1 aliphatic heterocycles. The summed E-state index contributed by atoms with van der Waals surface area (Å²) in [6.45, 7) is 6.57. The van der Waals surface area contributed by atoms with E-state index in [1.807, 2.05) is 12.1 Å². The Bertz CT molecular complexity index is 1010. The zero-order chi connectivity index (χ0) is 21.1. The topological polar surface area (TPSA) is 80.2 Å². The van der Waals surface area contributed by atoms with Crippen LogP contribution in [0.15, 0.2) is 61.1 Å². The van der Waals surface area contributed by atoms with E-state index in [1.165, 1.54) is 0 Å². The Hall–Kier alpha value is -3.48. The number of carbonyl (C=O) groups excluding carboxylic acids is 1. The number of anilines is 2. The van der Waals surface area contributed by atoms with Crippen LogP contribution in [0.2, 0.25) is 0 Å². The fraction of sp³-hybridized carbons (Fsp3) is 0.304. The van der Waals surface area contributed by atoms with Gasteiger partial charge in [-0.15, -0.1) is 0 Å². The molecule has 0 aliphatic carbocycles. The van der Waals surface area contributed by atoms with Crippen LogP contribution in [-0.2, 0) is 4.74 Å². The average molecular weight is 403 g/mol. The number of pyridine rings is 1. The number of cyclic esters (lactones) is 1. The van der Waals surface area contributed by atoms with Crippen molar-refractivity contribution < 1.29 is 9.53 Å². The molecule has 4 rings (SSSR count). The number of nitrogens with zero attached hydrogens (tertiary/aromatic N) is 4. The van der Waals surface area contributed by atoms with Crippen LogP contribution in [-0.4, -0.2) is 33.7 Å². The quantitative estimate of drug-likeness (QED) is 0.643. The summed E-state index contributed by atoms with van der Waals surface area (Å²) in [7, 11) is 0. The molecule has 0 bridgehead atoms. The number of nitrogens with one attached hydrogen (secondary N) is 1. The first-order valence-corrected chi connectivity index (χ1v) is 10.1. The molecule has 1 saturated heterocycles. The van der Waals surface area contributed by atoms with E-state index in [4.69, 9.17) is 4.74 Å². The van der Waals surface area contributed by atoms with Gasteiger partial charge in [0.05, 0.1) is 12.1 Å². The van der Waals surface area contributed by atoms with Gasteiger partial charge in [-0.1, -0.05) is 38.1 Å². The SMILES string of the molecule is CC(C)[C@H]1COC(=O)N1c1ccnc(N[C@@H](C)c2ccc(-c3ccncc3)cc2)n1. The predicted molar refractivity (Wildman–Crippen MR) is 116 cm³/mol. The van der Waals surface area contributed by atoms with Crippen LogP contribution >= 0.6 is 0 Å². The van der Waals surface area contributed by atoms with E-state index in [0.29, 0.717) is 18.4 Å². The standard InChI is InChI=1S/C23H25N5O2/c1-15(2)20-14-30-23(29)28(20)21-10-13-25-22(27-21)26-16(3)17-4-6-18(7-5-17)19-8-11-24-12-9-19/h4-13,15-16,20H,14H2,1-3H3,(H,25,26,27)/t16-,20+/m0/s1. The van der Waals surface area contributed by atoms with E-state index in [2.05, 4.69) is 65.3 Å². The highest BCUT2D eigenvalue weighted by Gasteiger charge is 2.37.